The van der Waals surface area contributed by atoms with E-state index in [2.05, 4.69) is 236 Å². The molecule has 2 aliphatic heterocycles. The lowest BCUT2D eigenvalue weighted by atomic mass is 9.34. The molecule has 2 aliphatic rings. The Kier molecular flexibility index (Phi) is 6.98. The van der Waals surface area contributed by atoms with Gasteiger partial charge < -0.3 is 9.13 Å². The number of rotatable bonds is 0. The maximum atomic E-state index is 2.71. The third-order valence-electron chi connectivity index (χ3n) is 17.7. The van der Waals surface area contributed by atoms with Crippen molar-refractivity contribution in [1.29, 1.82) is 0 Å². The number of benzene rings is 14. The molecule has 4 heterocycles. The predicted molar refractivity (Wildman–Crippen MR) is 316 cm³/mol. The van der Waals surface area contributed by atoms with Crippen LogP contribution in [0.2, 0.25) is 0 Å². The molecule has 336 valence electrons. The lowest BCUT2D eigenvalue weighted by Crippen LogP contribution is -2.59. The van der Waals surface area contributed by atoms with Crippen LogP contribution in [-0.2, 0) is 5.41 Å². The summed E-state index contributed by atoms with van der Waals surface area (Å²) in [5, 5.41) is 28.8. The van der Waals surface area contributed by atoms with E-state index in [1.165, 1.54) is 174 Å². The maximum Gasteiger partial charge on any atom is 0.252 e. The summed E-state index contributed by atoms with van der Waals surface area (Å²) in [6.45, 7) is 7.14. The fourth-order valence-electron chi connectivity index (χ4n) is 14.8. The average Bonchev–Trinajstić information content (AvgIpc) is 3.98. The second-order valence-electron chi connectivity index (χ2n) is 22.2. The standard InChI is InChI=1S/C70H43BN2/c1-70(2,3)38-35-55-53-32-31-52-46-24-8-5-18-40(46)44-22-12-15-28-50(44)63(52)68(53)73-60-30-16-29-59-66(60)71(56(36-38)67(55)73)57-37-54-47-25-9-6-19-41(47)43-21-11-14-27-49(43)62(54)65-64-58(72(59)69(57)65)34-33-51-45-23-7-4-17-39(45)42-20-10-13-26-48(42)61(51)64/h4-37H,1-3H3. The van der Waals surface area contributed by atoms with E-state index in [-0.39, 0.29) is 12.1 Å². The van der Waals surface area contributed by atoms with Crippen LogP contribution in [0.5, 0.6) is 0 Å². The molecule has 18 rings (SSSR count). The van der Waals surface area contributed by atoms with Gasteiger partial charge in [-0.15, -0.1) is 0 Å². The fourth-order valence-corrected chi connectivity index (χ4v) is 14.8. The van der Waals surface area contributed by atoms with Gasteiger partial charge in [0.25, 0.3) is 6.71 Å². The van der Waals surface area contributed by atoms with Crippen LogP contribution in [0.3, 0.4) is 0 Å². The van der Waals surface area contributed by atoms with Crippen molar-refractivity contribution in [2.75, 3.05) is 0 Å². The van der Waals surface area contributed by atoms with Crippen LogP contribution in [0.15, 0.2) is 206 Å². The lowest BCUT2D eigenvalue weighted by Gasteiger charge is -2.35. The quantitative estimate of drug-likeness (QED) is 0.106. The zero-order valence-corrected chi connectivity index (χ0v) is 40.6. The van der Waals surface area contributed by atoms with Crippen molar-refractivity contribution in [2.45, 2.75) is 26.2 Å². The molecular weight excluding hydrogens is 880 g/mol. The molecule has 0 atom stereocenters. The minimum atomic E-state index is -0.0984. The molecule has 0 aliphatic carbocycles. The Labute approximate surface area is 420 Å². The van der Waals surface area contributed by atoms with E-state index in [0.717, 1.165) is 0 Å². The lowest BCUT2D eigenvalue weighted by molar-refractivity contribution is 0.591. The van der Waals surface area contributed by atoms with Crippen LogP contribution in [0.4, 0.5) is 0 Å². The van der Waals surface area contributed by atoms with Crippen molar-refractivity contribution < 1.29 is 0 Å². The van der Waals surface area contributed by atoms with Crippen molar-refractivity contribution in [3.05, 3.63) is 212 Å². The largest absolute Gasteiger partial charge is 0.310 e. The smallest absolute Gasteiger partial charge is 0.252 e. The highest BCUT2D eigenvalue weighted by Gasteiger charge is 2.43. The molecule has 2 aromatic heterocycles. The molecule has 16 aromatic rings. The van der Waals surface area contributed by atoms with Crippen molar-refractivity contribution >= 4 is 164 Å². The first-order valence-corrected chi connectivity index (χ1v) is 26.0. The van der Waals surface area contributed by atoms with Crippen LogP contribution in [0.1, 0.15) is 26.3 Å². The molecule has 0 bridgehead atoms. The average molecular weight is 923 g/mol. The third-order valence-corrected chi connectivity index (χ3v) is 17.7. The van der Waals surface area contributed by atoms with Gasteiger partial charge in [0, 0.05) is 54.6 Å². The molecule has 14 aromatic carbocycles. The van der Waals surface area contributed by atoms with Gasteiger partial charge in [0.05, 0.1) is 16.6 Å². The predicted octanol–water partition coefficient (Wildman–Crippen LogP) is 16.7. The first-order chi connectivity index (χ1) is 35.9. The van der Waals surface area contributed by atoms with E-state index in [0.29, 0.717) is 0 Å². The molecule has 0 N–H and O–H groups in total. The van der Waals surface area contributed by atoms with Gasteiger partial charge in [0.2, 0.25) is 0 Å². The summed E-state index contributed by atoms with van der Waals surface area (Å²) in [6, 6.07) is 79.4. The zero-order valence-electron chi connectivity index (χ0n) is 40.6. The van der Waals surface area contributed by atoms with Gasteiger partial charge in [-0.05, 0) is 132 Å². The molecule has 73 heavy (non-hydrogen) atoms. The van der Waals surface area contributed by atoms with Gasteiger partial charge in [-0.2, -0.15) is 0 Å². The van der Waals surface area contributed by atoms with Gasteiger partial charge in [0.1, 0.15) is 0 Å². The summed E-state index contributed by atoms with van der Waals surface area (Å²) in [6.07, 6.45) is 0. The van der Waals surface area contributed by atoms with Crippen molar-refractivity contribution in [3.8, 4) is 11.4 Å². The number of nitrogens with zero attached hydrogens (tertiary/aromatic N) is 2. The minimum absolute atomic E-state index is 0.0329. The third kappa shape index (κ3) is 4.56. The summed E-state index contributed by atoms with van der Waals surface area (Å²) in [5.74, 6) is 0. The number of hydrogen-bond acceptors (Lipinski definition) is 0. The molecule has 0 radical (unpaired) electrons. The van der Waals surface area contributed by atoms with Gasteiger partial charge in [-0.1, -0.05) is 203 Å². The van der Waals surface area contributed by atoms with E-state index in [1.54, 1.807) is 0 Å². The van der Waals surface area contributed by atoms with Crippen LogP contribution < -0.4 is 16.4 Å². The van der Waals surface area contributed by atoms with Gasteiger partial charge in [0.15, 0.2) is 0 Å². The molecule has 0 fully saturated rings. The first kappa shape index (κ1) is 38.8. The fraction of sp³-hybridized carbons (Fsp3) is 0.0571. The van der Waals surface area contributed by atoms with Crippen molar-refractivity contribution in [3.63, 3.8) is 0 Å². The van der Waals surface area contributed by atoms with E-state index in [1.807, 2.05) is 0 Å². The summed E-state index contributed by atoms with van der Waals surface area (Å²) in [7, 11) is 0. The Balaban J connectivity index is 1.12. The molecule has 0 unspecified atom stereocenters. The summed E-state index contributed by atoms with van der Waals surface area (Å²) < 4.78 is 5.41. The Bertz CT molecular complexity index is 5240. The molecule has 3 heteroatoms. The normalized spacial score (nSPS) is 13.4. The Morgan fingerprint density at radius 1 is 0.288 bits per heavy atom. The van der Waals surface area contributed by atoms with E-state index >= 15 is 0 Å². The molecule has 0 saturated carbocycles. The highest BCUT2D eigenvalue weighted by atomic mass is 15.0. The summed E-state index contributed by atoms with van der Waals surface area (Å²) in [4.78, 5) is 0. The minimum Gasteiger partial charge on any atom is -0.310 e. The molecule has 0 spiro atoms. The van der Waals surface area contributed by atoms with Gasteiger partial charge in [-0.3, -0.25) is 0 Å². The summed E-state index contributed by atoms with van der Waals surface area (Å²) >= 11 is 0. The highest BCUT2D eigenvalue weighted by Crippen LogP contribution is 2.50. The topological polar surface area (TPSA) is 9.86 Å². The molecule has 2 nitrogen and oxygen atoms in total. The van der Waals surface area contributed by atoms with Crippen LogP contribution in [0.25, 0.3) is 152 Å². The van der Waals surface area contributed by atoms with E-state index < -0.39 is 0 Å². The second-order valence-corrected chi connectivity index (χ2v) is 22.2. The Morgan fingerprint density at radius 2 is 0.699 bits per heavy atom. The SMILES string of the molecule is CC(C)(C)c1cc2c3c(c1)c1ccc4c5ccccc5c5ccccc5c4c1n3-c1cccc3c1B2c1cc2c4ccccc4c4ccccc4c2c2c4c5c6ccccc6c6ccccc6c5ccc4n-3c12. The Morgan fingerprint density at radius 3 is 1.25 bits per heavy atom. The maximum absolute atomic E-state index is 2.71. The summed E-state index contributed by atoms with van der Waals surface area (Å²) in [5.41, 5.74) is 13.1. The monoisotopic (exact) mass is 922 g/mol. The van der Waals surface area contributed by atoms with Crippen molar-refractivity contribution in [2.24, 2.45) is 0 Å². The van der Waals surface area contributed by atoms with E-state index in [9.17, 15) is 0 Å². The van der Waals surface area contributed by atoms with Crippen LogP contribution >= 0.6 is 0 Å². The number of fused-ring (bicyclic) bond motifs is 31. The Hall–Kier alpha value is -8.92. The number of hydrogen-bond donors (Lipinski definition) is 0. The first-order valence-electron chi connectivity index (χ1n) is 26.0. The molecule has 0 amide bonds. The zero-order chi connectivity index (χ0) is 47.7. The van der Waals surface area contributed by atoms with Crippen LogP contribution in [0, 0.1) is 0 Å². The highest BCUT2D eigenvalue weighted by molar-refractivity contribution is 7.00. The molecule has 0 saturated heterocycles. The number of aromatic nitrogens is 2. The van der Waals surface area contributed by atoms with Crippen LogP contribution in [-0.4, -0.2) is 15.8 Å². The van der Waals surface area contributed by atoms with Gasteiger partial charge >= 0.3 is 0 Å². The molecular formula is C70H43BN2. The second kappa shape index (κ2) is 13.1. The van der Waals surface area contributed by atoms with E-state index in [4.69, 9.17) is 0 Å². The van der Waals surface area contributed by atoms with Gasteiger partial charge in [-0.25, -0.2) is 0 Å². The van der Waals surface area contributed by atoms with Crippen molar-refractivity contribution in [1.82, 2.24) is 9.13 Å².